The van der Waals surface area contributed by atoms with Crippen LogP contribution < -0.4 is 10.2 Å². The molecule has 0 spiro atoms. The van der Waals surface area contributed by atoms with Gasteiger partial charge in [0.05, 0.1) is 11.8 Å². The highest BCUT2D eigenvalue weighted by Gasteiger charge is 2.08. The molecule has 0 aliphatic carbocycles. The van der Waals surface area contributed by atoms with E-state index < -0.39 is 5.91 Å². The van der Waals surface area contributed by atoms with Gasteiger partial charge in [0.2, 0.25) is 0 Å². The Labute approximate surface area is 172 Å². The standard InChI is InChI=1S/C21H16Cl2N2O3/c22-16-8-7-15(19(23)11-16)13-28-17-9-5-14(6-10-17)12-24-25-21(27)18-3-1-2-4-20(18)26/h1-12,26H,13H2,(H,25,27). The number of amides is 1. The molecular formula is C21H16Cl2N2O3. The average Bonchev–Trinajstić information content (AvgIpc) is 2.68. The van der Waals surface area contributed by atoms with Gasteiger partial charge in [0, 0.05) is 15.6 Å². The maximum atomic E-state index is 12.0. The molecule has 0 radical (unpaired) electrons. The molecule has 28 heavy (non-hydrogen) atoms. The molecule has 7 heteroatoms. The Kier molecular flexibility index (Phi) is 6.53. The maximum Gasteiger partial charge on any atom is 0.275 e. The Morgan fingerprint density at radius 3 is 2.54 bits per heavy atom. The molecule has 3 aromatic carbocycles. The summed E-state index contributed by atoms with van der Waals surface area (Å²) in [5.41, 5.74) is 4.14. The summed E-state index contributed by atoms with van der Waals surface area (Å²) < 4.78 is 5.71. The Balaban J connectivity index is 1.54. The number of hydrogen-bond donors (Lipinski definition) is 2. The summed E-state index contributed by atoms with van der Waals surface area (Å²) in [6.45, 7) is 0.320. The third-order valence-electron chi connectivity index (χ3n) is 3.82. The van der Waals surface area contributed by atoms with Crippen molar-refractivity contribution in [3.63, 3.8) is 0 Å². The number of hydrazone groups is 1. The van der Waals surface area contributed by atoms with Crippen LogP contribution in [0, 0.1) is 0 Å². The zero-order valence-corrected chi connectivity index (χ0v) is 16.1. The van der Waals surface area contributed by atoms with Gasteiger partial charge in [-0.15, -0.1) is 0 Å². The second-order valence-corrected chi connectivity index (χ2v) is 6.65. The quantitative estimate of drug-likeness (QED) is 0.438. The fourth-order valence-corrected chi connectivity index (χ4v) is 2.80. The Bertz CT molecular complexity index is 1000. The monoisotopic (exact) mass is 414 g/mol. The molecule has 0 unspecified atom stereocenters. The van der Waals surface area contributed by atoms with Crippen molar-refractivity contribution in [3.8, 4) is 11.5 Å². The van der Waals surface area contributed by atoms with Crippen LogP contribution >= 0.6 is 23.2 Å². The lowest BCUT2D eigenvalue weighted by molar-refractivity contribution is 0.0952. The fourth-order valence-electron chi connectivity index (χ4n) is 2.34. The van der Waals surface area contributed by atoms with E-state index in [1.54, 1.807) is 48.5 Å². The number of hydrogen-bond acceptors (Lipinski definition) is 4. The minimum Gasteiger partial charge on any atom is -0.507 e. The van der Waals surface area contributed by atoms with Crippen molar-refractivity contribution in [2.45, 2.75) is 6.61 Å². The van der Waals surface area contributed by atoms with E-state index in [9.17, 15) is 9.90 Å². The summed E-state index contributed by atoms with van der Waals surface area (Å²) >= 11 is 12.0. The Morgan fingerprint density at radius 2 is 1.82 bits per heavy atom. The highest BCUT2D eigenvalue weighted by atomic mass is 35.5. The number of benzene rings is 3. The first-order chi connectivity index (χ1) is 13.5. The first kappa shape index (κ1) is 19.7. The first-order valence-corrected chi connectivity index (χ1v) is 9.07. The second-order valence-electron chi connectivity index (χ2n) is 5.81. The summed E-state index contributed by atoms with van der Waals surface area (Å²) in [5.74, 6) is 0.0769. The van der Waals surface area contributed by atoms with Crippen molar-refractivity contribution in [1.82, 2.24) is 5.43 Å². The van der Waals surface area contributed by atoms with Crippen molar-refractivity contribution in [2.24, 2.45) is 5.10 Å². The number of carbonyl (C=O) groups excluding carboxylic acids is 1. The van der Waals surface area contributed by atoms with E-state index in [-0.39, 0.29) is 11.3 Å². The zero-order valence-electron chi connectivity index (χ0n) is 14.6. The number of phenols is 1. The van der Waals surface area contributed by atoms with Crippen LogP contribution in [0.1, 0.15) is 21.5 Å². The van der Waals surface area contributed by atoms with Gasteiger partial charge in [-0.2, -0.15) is 5.10 Å². The average molecular weight is 415 g/mol. The van der Waals surface area contributed by atoms with Gasteiger partial charge >= 0.3 is 0 Å². The van der Waals surface area contributed by atoms with E-state index in [0.717, 1.165) is 11.1 Å². The number of nitrogens with zero attached hydrogens (tertiary/aromatic N) is 1. The number of aromatic hydroxyl groups is 1. The van der Waals surface area contributed by atoms with E-state index >= 15 is 0 Å². The van der Waals surface area contributed by atoms with Crippen LogP contribution in [-0.2, 0) is 6.61 Å². The highest BCUT2D eigenvalue weighted by Crippen LogP contribution is 2.22. The maximum absolute atomic E-state index is 12.0. The van der Waals surface area contributed by atoms with Crippen molar-refractivity contribution < 1.29 is 14.6 Å². The molecule has 0 fully saturated rings. The van der Waals surface area contributed by atoms with Crippen molar-refractivity contribution >= 4 is 35.3 Å². The molecule has 142 valence electrons. The molecule has 2 N–H and O–H groups in total. The highest BCUT2D eigenvalue weighted by molar-refractivity contribution is 6.35. The second kappa shape index (κ2) is 9.26. The summed E-state index contributed by atoms with van der Waals surface area (Å²) in [6.07, 6.45) is 1.50. The minimum atomic E-state index is -0.492. The molecule has 3 rings (SSSR count). The first-order valence-electron chi connectivity index (χ1n) is 8.31. The van der Waals surface area contributed by atoms with Gasteiger partial charge in [-0.05, 0) is 54.1 Å². The van der Waals surface area contributed by atoms with Gasteiger partial charge in [-0.25, -0.2) is 5.43 Å². The van der Waals surface area contributed by atoms with Crippen molar-refractivity contribution in [2.75, 3.05) is 0 Å². The van der Waals surface area contributed by atoms with E-state index in [2.05, 4.69) is 10.5 Å². The van der Waals surface area contributed by atoms with Gasteiger partial charge in [-0.3, -0.25) is 4.79 Å². The number of carbonyl (C=O) groups is 1. The van der Waals surface area contributed by atoms with Gasteiger partial charge in [0.1, 0.15) is 18.1 Å². The largest absolute Gasteiger partial charge is 0.507 e. The minimum absolute atomic E-state index is 0.0995. The van der Waals surface area contributed by atoms with E-state index in [1.165, 1.54) is 18.3 Å². The molecule has 0 atom stereocenters. The van der Waals surface area contributed by atoms with Crippen LogP contribution in [-0.4, -0.2) is 17.2 Å². The topological polar surface area (TPSA) is 70.9 Å². The molecule has 3 aromatic rings. The van der Waals surface area contributed by atoms with Gasteiger partial charge < -0.3 is 9.84 Å². The predicted octanol–water partition coefficient (Wildman–Crippen LogP) is 5.04. The van der Waals surface area contributed by atoms with Gasteiger partial charge in [0.15, 0.2) is 0 Å². The molecule has 0 saturated carbocycles. The van der Waals surface area contributed by atoms with Crippen LogP contribution in [0.5, 0.6) is 11.5 Å². The lowest BCUT2D eigenvalue weighted by Gasteiger charge is -2.08. The Hall–Kier alpha value is -3.02. The molecule has 0 aromatic heterocycles. The van der Waals surface area contributed by atoms with E-state index in [0.29, 0.717) is 22.4 Å². The lowest BCUT2D eigenvalue weighted by Crippen LogP contribution is -2.17. The number of para-hydroxylation sites is 1. The molecule has 1 amide bonds. The molecule has 5 nitrogen and oxygen atoms in total. The van der Waals surface area contributed by atoms with Crippen molar-refractivity contribution in [1.29, 1.82) is 0 Å². The van der Waals surface area contributed by atoms with E-state index in [4.69, 9.17) is 27.9 Å². The molecule has 0 aliphatic rings. The molecule has 0 heterocycles. The van der Waals surface area contributed by atoms with Crippen LogP contribution in [0.15, 0.2) is 71.8 Å². The summed E-state index contributed by atoms with van der Waals surface area (Å²) in [7, 11) is 0. The summed E-state index contributed by atoms with van der Waals surface area (Å²) in [6, 6.07) is 18.7. The van der Waals surface area contributed by atoms with Gasteiger partial charge in [-0.1, -0.05) is 41.4 Å². The molecular weight excluding hydrogens is 399 g/mol. The zero-order chi connectivity index (χ0) is 19.9. The molecule has 0 aliphatic heterocycles. The number of phenolic OH excluding ortho intramolecular Hbond substituents is 1. The fraction of sp³-hybridized carbons (Fsp3) is 0.0476. The van der Waals surface area contributed by atoms with E-state index in [1.807, 2.05) is 6.07 Å². The lowest BCUT2D eigenvalue weighted by atomic mass is 10.2. The third-order valence-corrected chi connectivity index (χ3v) is 4.40. The van der Waals surface area contributed by atoms with Crippen molar-refractivity contribution in [3.05, 3.63) is 93.5 Å². The smallest absolute Gasteiger partial charge is 0.275 e. The third kappa shape index (κ3) is 5.25. The van der Waals surface area contributed by atoms with Crippen LogP contribution in [0.25, 0.3) is 0 Å². The number of ether oxygens (including phenoxy) is 1. The summed E-state index contributed by atoms with van der Waals surface area (Å²) in [4.78, 5) is 12.0. The Morgan fingerprint density at radius 1 is 1.07 bits per heavy atom. The van der Waals surface area contributed by atoms with Crippen LogP contribution in [0.4, 0.5) is 0 Å². The number of halogens is 2. The summed E-state index contributed by atoms with van der Waals surface area (Å²) in [5, 5.41) is 14.7. The predicted molar refractivity (Wildman–Crippen MR) is 110 cm³/mol. The van der Waals surface area contributed by atoms with Gasteiger partial charge in [0.25, 0.3) is 5.91 Å². The SMILES string of the molecule is O=C(NN=Cc1ccc(OCc2ccc(Cl)cc2Cl)cc1)c1ccccc1O. The number of rotatable bonds is 6. The molecule has 0 saturated heterocycles. The van der Waals surface area contributed by atoms with Crippen LogP contribution in [0.2, 0.25) is 10.0 Å². The number of nitrogens with one attached hydrogen (secondary N) is 1. The van der Waals surface area contributed by atoms with Crippen LogP contribution in [0.3, 0.4) is 0 Å². The normalized spacial score (nSPS) is 10.8. The molecule has 0 bridgehead atoms.